The van der Waals surface area contributed by atoms with Crippen molar-refractivity contribution in [2.24, 2.45) is 5.41 Å². The van der Waals surface area contributed by atoms with E-state index in [-0.39, 0.29) is 24.1 Å². The van der Waals surface area contributed by atoms with Crippen molar-refractivity contribution < 1.29 is 14.3 Å². The highest BCUT2D eigenvalue weighted by molar-refractivity contribution is 5.97. The van der Waals surface area contributed by atoms with E-state index in [9.17, 15) is 14.7 Å². The van der Waals surface area contributed by atoms with Gasteiger partial charge in [-0.25, -0.2) is 4.39 Å². The van der Waals surface area contributed by atoms with Crippen LogP contribution in [0.3, 0.4) is 0 Å². The molecule has 1 saturated carbocycles. The zero-order valence-corrected chi connectivity index (χ0v) is 23.3. The fourth-order valence-corrected chi connectivity index (χ4v) is 5.39. The van der Waals surface area contributed by atoms with Crippen molar-refractivity contribution in [3.63, 3.8) is 0 Å². The van der Waals surface area contributed by atoms with Crippen molar-refractivity contribution in [1.82, 2.24) is 20.1 Å². The van der Waals surface area contributed by atoms with Crippen molar-refractivity contribution in [1.29, 1.82) is 0 Å². The van der Waals surface area contributed by atoms with Crippen molar-refractivity contribution in [3.8, 4) is 11.1 Å². The Morgan fingerprint density at radius 3 is 2.67 bits per heavy atom. The van der Waals surface area contributed by atoms with Crippen LogP contribution in [-0.4, -0.2) is 58.8 Å². The minimum atomic E-state index is -0.450. The number of amides is 1. The van der Waals surface area contributed by atoms with Gasteiger partial charge in [0, 0.05) is 74.0 Å². The molecule has 1 aliphatic carbocycles. The molecule has 3 aromatic rings. The molecule has 1 aromatic heterocycles. The second-order valence-electron chi connectivity index (χ2n) is 12.1. The van der Waals surface area contributed by atoms with Crippen LogP contribution in [0.1, 0.15) is 55.1 Å². The zero-order valence-electron chi connectivity index (χ0n) is 23.3. The van der Waals surface area contributed by atoms with Gasteiger partial charge in [-0.2, -0.15) is 0 Å². The summed E-state index contributed by atoms with van der Waals surface area (Å²) in [5.74, 6) is -0.688. The smallest absolute Gasteiger partial charge is 0.258 e. The predicted molar refractivity (Wildman–Crippen MR) is 152 cm³/mol. The quantitative estimate of drug-likeness (QED) is 0.409. The number of aromatic nitrogens is 1. The van der Waals surface area contributed by atoms with Crippen LogP contribution in [0.15, 0.2) is 41.3 Å². The molecule has 39 heavy (non-hydrogen) atoms. The van der Waals surface area contributed by atoms with Gasteiger partial charge in [-0.05, 0) is 78.6 Å². The van der Waals surface area contributed by atoms with E-state index < -0.39 is 11.2 Å². The number of carbonyl (C=O) groups excluding carboxylic acids is 1. The van der Waals surface area contributed by atoms with Gasteiger partial charge in [0.2, 0.25) is 0 Å². The summed E-state index contributed by atoms with van der Waals surface area (Å²) in [6.07, 6.45) is 3.84. The number of benzene rings is 2. The lowest BCUT2D eigenvalue weighted by atomic mass is 9.93. The van der Waals surface area contributed by atoms with E-state index in [0.717, 1.165) is 49.0 Å². The molecule has 0 unspecified atom stereocenters. The number of halogens is 1. The number of piperazine rings is 1. The van der Waals surface area contributed by atoms with Gasteiger partial charge in [-0.15, -0.1) is 0 Å². The van der Waals surface area contributed by atoms with E-state index in [1.165, 1.54) is 6.07 Å². The Balaban J connectivity index is 1.61. The Kier molecular flexibility index (Phi) is 7.64. The minimum Gasteiger partial charge on any atom is -0.396 e. The van der Waals surface area contributed by atoms with Gasteiger partial charge in [0.05, 0.1) is 0 Å². The summed E-state index contributed by atoms with van der Waals surface area (Å²) >= 11 is 0. The Morgan fingerprint density at radius 2 is 1.97 bits per heavy atom. The van der Waals surface area contributed by atoms with Crippen LogP contribution >= 0.6 is 0 Å². The first-order chi connectivity index (χ1) is 18.5. The molecule has 2 aliphatic rings. The highest BCUT2D eigenvalue weighted by Crippen LogP contribution is 2.31. The van der Waals surface area contributed by atoms with Crippen LogP contribution in [0.5, 0.6) is 0 Å². The molecular weight excluding hydrogens is 495 g/mol. The summed E-state index contributed by atoms with van der Waals surface area (Å²) in [5.41, 5.74) is 2.62. The van der Waals surface area contributed by atoms with E-state index in [4.69, 9.17) is 0 Å². The Morgan fingerprint density at radius 1 is 1.21 bits per heavy atom. The first-order valence-electron chi connectivity index (χ1n) is 13.9. The number of hydrogen-bond acceptors (Lipinski definition) is 5. The number of hydrogen-bond donors (Lipinski definition) is 3. The summed E-state index contributed by atoms with van der Waals surface area (Å²) in [6, 6.07) is 9.22. The highest BCUT2D eigenvalue weighted by atomic mass is 19.1. The van der Waals surface area contributed by atoms with Crippen LogP contribution in [0.25, 0.3) is 21.9 Å². The second-order valence-corrected chi connectivity index (χ2v) is 12.1. The largest absolute Gasteiger partial charge is 0.396 e. The molecule has 208 valence electrons. The van der Waals surface area contributed by atoms with E-state index in [1.807, 2.05) is 38.2 Å². The SMILES string of the molecule is Cc1c(F)cc(C(=O)NC2CC2)cc1-c1ccc2c(=O)n(CC(C)(C)CO)cc(CN3CCN[C@@H](C)C3)c2c1. The topological polar surface area (TPSA) is 86.6 Å². The highest BCUT2D eigenvalue weighted by Gasteiger charge is 2.25. The Bertz CT molecular complexity index is 1460. The number of fused-ring (bicyclic) bond motifs is 1. The summed E-state index contributed by atoms with van der Waals surface area (Å²) in [6.45, 7) is 11.5. The predicted octanol–water partition coefficient (Wildman–Crippen LogP) is 3.82. The molecule has 5 rings (SSSR count). The number of rotatable bonds is 8. The molecule has 8 heteroatoms. The van der Waals surface area contributed by atoms with Gasteiger partial charge in [-0.3, -0.25) is 14.5 Å². The fraction of sp³-hybridized carbons (Fsp3) is 0.484. The molecule has 1 aliphatic heterocycles. The molecule has 7 nitrogen and oxygen atoms in total. The van der Waals surface area contributed by atoms with E-state index in [0.29, 0.717) is 41.2 Å². The van der Waals surface area contributed by atoms with E-state index >= 15 is 4.39 Å². The molecule has 2 fully saturated rings. The van der Waals surface area contributed by atoms with Crippen molar-refractivity contribution in [3.05, 3.63) is 69.4 Å². The molecule has 1 saturated heterocycles. The van der Waals surface area contributed by atoms with Gasteiger partial charge in [0.25, 0.3) is 11.5 Å². The van der Waals surface area contributed by atoms with Gasteiger partial charge in [0.1, 0.15) is 5.82 Å². The van der Waals surface area contributed by atoms with E-state index in [1.54, 1.807) is 17.6 Å². The third-order valence-corrected chi connectivity index (χ3v) is 7.87. The lowest BCUT2D eigenvalue weighted by Crippen LogP contribution is -2.48. The first-order valence-corrected chi connectivity index (χ1v) is 13.9. The molecule has 0 spiro atoms. The maximum absolute atomic E-state index is 15.0. The summed E-state index contributed by atoms with van der Waals surface area (Å²) in [4.78, 5) is 28.7. The Hall–Kier alpha value is -3.07. The molecule has 1 atom stereocenters. The third kappa shape index (κ3) is 6.08. The number of aliphatic hydroxyl groups excluding tert-OH is 1. The maximum Gasteiger partial charge on any atom is 0.258 e. The molecule has 3 N–H and O–H groups in total. The second kappa shape index (κ2) is 10.8. The van der Waals surface area contributed by atoms with Crippen molar-refractivity contribution in [2.45, 2.75) is 65.7 Å². The van der Waals surface area contributed by atoms with Crippen LogP contribution in [0.2, 0.25) is 0 Å². The van der Waals surface area contributed by atoms with Crippen LogP contribution in [-0.2, 0) is 13.1 Å². The van der Waals surface area contributed by atoms with E-state index in [2.05, 4.69) is 22.5 Å². The molecule has 0 bridgehead atoms. The van der Waals surface area contributed by atoms with Crippen LogP contribution in [0.4, 0.5) is 4.39 Å². The van der Waals surface area contributed by atoms with Gasteiger partial charge >= 0.3 is 0 Å². The monoisotopic (exact) mass is 534 g/mol. The van der Waals surface area contributed by atoms with Crippen LogP contribution < -0.4 is 16.2 Å². The standard InChI is InChI=1S/C31H39FN4O3/c1-19-14-35(10-9-33-19)15-23-16-36(17-31(3,4)18-37)30(39)25-8-5-21(11-27(23)25)26-12-22(13-28(32)20(26)2)29(38)34-24-6-7-24/h5,8,11-13,16,19,24,33,37H,6-7,9-10,14-15,17-18H2,1-4H3,(H,34,38)/t19-/m0/s1. The summed E-state index contributed by atoms with van der Waals surface area (Å²) in [5, 5.41) is 17.7. The van der Waals surface area contributed by atoms with Crippen molar-refractivity contribution >= 4 is 16.7 Å². The molecule has 2 heterocycles. The number of nitrogens with zero attached hydrogens (tertiary/aromatic N) is 2. The van der Waals surface area contributed by atoms with Gasteiger partial charge < -0.3 is 20.3 Å². The normalized spacial score (nSPS) is 18.5. The average molecular weight is 535 g/mol. The molecular formula is C31H39FN4O3. The van der Waals surface area contributed by atoms with Gasteiger partial charge in [0.15, 0.2) is 0 Å². The number of carbonyl (C=O) groups is 1. The number of aliphatic hydroxyl groups is 1. The lowest BCUT2D eigenvalue weighted by molar-refractivity contribution is 0.0950. The average Bonchev–Trinajstić information content (AvgIpc) is 3.72. The maximum atomic E-state index is 15.0. The Labute approximate surface area is 229 Å². The summed E-state index contributed by atoms with van der Waals surface area (Å²) in [7, 11) is 0. The minimum absolute atomic E-state index is 0.0312. The molecule has 0 radical (unpaired) electrons. The summed E-state index contributed by atoms with van der Waals surface area (Å²) < 4.78 is 16.7. The van der Waals surface area contributed by atoms with Gasteiger partial charge in [-0.1, -0.05) is 19.9 Å². The number of nitrogens with one attached hydrogen (secondary N) is 2. The van der Waals surface area contributed by atoms with Crippen molar-refractivity contribution in [2.75, 3.05) is 26.2 Å². The lowest BCUT2D eigenvalue weighted by Gasteiger charge is -2.32. The molecule has 1 amide bonds. The van der Waals surface area contributed by atoms with Crippen LogP contribution in [0, 0.1) is 18.2 Å². The zero-order chi connectivity index (χ0) is 27.9. The number of pyridine rings is 1. The third-order valence-electron chi connectivity index (χ3n) is 7.87. The first kappa shape index (κ1) is 27.5. The fourth-order valence-electron chi connectivity index (χ4n) is 5.39. The molecule has 2 aromatic carbocycles.